The van der Waals surface area contributed by atoms with Crippen LogP contribution in [0.4, 0.5) is 0 Å². The van der Waals surface area contributed by atoms with Gasteiger partial charge in [0.1, 0.15) is 18.1 Å². The first-order chi connectivity index (χ1) is 11.6. The molecule has 0 heterocycles. The monoisotopic (exact) mass is 327 g/mol. The Kier molecular flexibility index (Phi) is 7.15. The molecule has 1 N–H and O–H groups in total. The minimum atomic E-state index is -0.0350. The van der Waals surface area contributed by atoms with Gasteiger partial charge in [-0.1, -0.05) is 36.4 Å². The molecular weight excluding hydrogens is 302 g/mol. The summed E-state index contributed by atoms with van der Waals surface area (Å²) in [6.07, 6.45) is 1.13. The highest BCUT2D eigenvalue weighted by molar-refractivity contribution is 5.76. The Morgan fingerprint density at radius 1 is 1.04 bits per heavy atom. The molecule has 4 nitrogen and oxygen atoms in total. The fraction of sp³-hybridized carbons (Fsp3) is 0.350. The fourth-order valence-corrected chi connectivity index (χ4v) is 2.26. The van der Waals surface area contributed by atoms with Crippen molar-refractivity contribution in [2.75, 3.05) is 13.2 Å². The van der Waals surface area contributed by atoms with Crippen molar-refractivity contribution in [3.8, 4) is 11.5 Å². The van der Waals surface area contributed by atoms with Crippen molar-refractivity contribution in [1.29, 1.82) is 0 Å². The van der Waals surface area contributed by atoms with Gasteiger partial charge in [0.25, 0.3) is 0 Å². The zero-order valence-corrected chi connectivity index (χ0v) is 14.3. The van der Waals surface area contributed by atoms with Gasteiger partial charge >= 0.3 is 0 Å². The molecule has 128 valence electrons. The standard InChI is InChI=1S/C20H25NO3/c1-16-9-6-7-12-19(16)24-15-17(2)21-20(22)13-8-14-23-18-10-4-3-5-11-18/h3-7,9-12,17H,8,13-15H2,1-2H3,(H,21,22)/t17-/m1/s1. The molecule has 1 atom stereocenters. The highest BCUT2D eigenvalue weighted by atomic mass is 16.5. The van der Waals surface area contributed by atoms with Gasteiger partial charge in [-0.25, -0.2) is 0 Å². The zero-order valence-electron chi connectivity index (χ0n) is 14.3. The van der Waals surface area contributed by atoms with Crippen LogP contribution in [0.3, 0.4) is 0 Å². The highest BCUT2D eigenvalue weighted by Gasteiger charge is 2.09. The second-order valence-corrected chi connectivity index (χ2v) is 5.81. The van der Waals surface area contributed by atoms with Crippen LogP contribution in [0.2, 0.25) is 0 Å². The van der Waals surface area contributed by atoms with Crippen molar-refractivity contribution in [3.05, 3.63) is 60.2 Å². The van der Waals surface area contributed by atoms with E-state index < -0.39 is 0 Å². The lowest BCUT2D eigenvalue weighted by Crippen LogP contribution is -2.36. The van der Waals surface area contributed by atoms with Crippen LogP contribution in [0.5, 0.6) is 11.5 Å². The second kappa shape index (κ2) is 9.60. The maximum atomic E-state index is 11.9. The molecule has 0 aromatic heterocycles. The fourth-order valence-electron chi connectivity index (χ4n) is 2.26. The van der Waals surface area contributed by atoms with E-state index in [-0.39, 0.29) is 11.9 Å². The van der Waals surface area contributed by atoms with Crippen molar-refractivity contribution >= 4 is 5.91 Å². The van der Waals surface area contributed by atoms with Crippen molar-refractivity contribution < 1.29 is 14.3 Å². The average molecular weight is 327 g/mol. The molecule has 0 saturated carbocycles. The summed E-state index contributed by atoms with van der Waals surface area (Å²) in [6.45, 7) is 4.94. The molecule has 1 amide bonds. The predicted octanol–water partition coefficient (Wildman–Crippen LogP) is 3.74. The zero-order chi connectivity index (χ0) is 17.2. The summed E-state index contributed by atoms with van der Waals surface area (Å²) < 4.78 is 11.3. The van der Waals surface area contributed by atoms with Crippen molar-refractivity contribution in [2.24, 2.45) is 0 Å². The molecule has 0 aliphatic rings. The number of ether oxygens (including phenoxy) is 2. The minimum absolute atomic E-state index is 0.0209. The Labute approximate surface area is 143 Å². The van der Waals surface area contributed by atoms with Crippen LogP contribution in [0.1, 0.15) is 25.3 Å². The number of carbonyl (C=O) groups excluding carboxylic acids is 1. The topological polar surface area (TPSA) is 47.6 Å². The molecule has 2 rings (SSSR count). The van der Waals surface area contributed by atoms with E-state index in [0.29, 0.717) is 26.1 Å². The van der Waals surface area contributed by atoms with Gasteiger partial charge in [0.05, 0.1) is 12.6 Å². The highest BCUT2D eigenvalue weighted by Crippen LogP contribution is 2.16. The Hall–Kier alpha value is -2.49. The van der Waals surface area contributed by atoms with E-state index in [4.69, 9.17) is 9.47 Å². The van der Waals surface area contributed by atoms with Crippen molar-refractivity contribution in [2.45, 2.75) is 32.7 Å². The first-order valence-electron chi connectivity index (χ1n) is 8.31. The maximum absolute atomic E-state index is 11.9. The summed E-state index contributed by atoms with van der Waals surface area (Å²) >= 11 is 0. The van der Waals surface area contributed by atoms with E-state index in [1.165, 1.54) is 0 Å². The Morgan fingerprint density at radius 3 is 2.50 bits per heavy atom. The van der Waals surface area contributed by atoms with Crippen molar-refractivity contribution in [1.82, 2.24) is 5.32 Å². The number of para-hydroxylation sites is 2. The van der Waals surface area contributed by atoms with E-state index in [1.807, 2.05) is 68.4 Å². The molecule has 24 heavy (non-hydrogen) atoms. The molecule has 2 aromatic rings. The van der Waals surface area contributed by atoms with Crippen LogP contribution in [-0.4, -0.2) is 25.2 Å². The first-order valence-corrected chi connectivity index (χ1v) is 8.31. The van der Waals surface area contributed by atoms with Gasteiger partial charge in [0.15, 0.2) is 0 Å². The van der Waals surface area contributed by atoms with Crippen LogP contribution in [0.25, 0.3) is 0 Å². The first kappa shape index (κ1) is 17.9. The van der Waals surface area contributed by atoms with E-state index >= 15 is 0 Å². The van der Waals surface area contributed by atoms with E-state index in [0.717, 1.165) is 17.1 Å². The third-order valence-corrected chi connectivity index (χ3v) is 3.55. The summed E-state index contributed by atoms with van der Waals surface area (Å²) in [5.74, 6) is 1.71. The Bertz CT molecular complexity index is 628. The minimum Gasteiger partial charge on any atom is -0.494 e. The summed E-state index contributed by atoms with van der Waals surface area (Å²) in [4.78, 5) is 11.9. The lowest BCUT2D eigenvalue weighted by atomic mass is 10.2. The number of hydrogen-bond donors (Lipinski definition) is 1. The van der Waals surface area contributed by atoms with Gasteiger partial charge < -0.3 is 14.8 Å². The molecule has 0 aliphatic carbocycles. The molecule has 0 radical (unpaired) electrons. The van der Waals surface area contributed by atoms with Crippen LogP contribution in [0.15, 0.2) is 54.6 Å². The molecular formula is C20H25NO3. The number of carbonyl (C=O) groups is 1. The molecule has 0 aliphatic heterocycles. The molecule has 4 heteroatoms. The van der Waals surface area contributed by atoms with Gasteiger partial charge in [-0.15, -0.1) is 0 Å². The summed E-state index contributed by atoms with van der Waals surface area (Å²) in [6, 6.07) is 17.4. The largest absolute Gasteiger partial charge is 0.494 e. The number of rotatable bonds is 9. The van der Waals surface area contributed by atoms with Crippen LogP contribution < -0.4 is 14.8 Å². The van der Waals surface area contributed by atoms with Crippen molar-refractivity contribution in [3.63, 3.8) is 0 Å². The lowest BCUT2D eigenvalue weighted by Gasteiger charge is -2.16. The van der Waals surface area contributed by atoms with Gasteiger partial charge in [-0.3, -0.25) is 4.79 Å². The third-order valence-electron chi connectivity index (χ3n) is 3.55. The average Bonchev–Trinajstić information content (AvgIpc) is 2.59. The second-order valence-electron chi connectivity index (χ2n) is 5.81. The molecule has 2 aromatic carbocycles. The van der Waals surface area contributed by atoms with E-state index in [2.05, 4.69) is 5.32 Å². The molecule has 0 saturated heterocycles. The third kappa shape index (κ3) is 6.32. The summed E-state index contributed by atoms with van der Waals surface area (Å²) in [7, 11) is 0. The van der Waals surface area contributed by atoms with Crippen LogP contribution in [0, 0.1) is 6.92 Å². The van der Waals surface area contributed by atoms with Crippen LogP contribution >= 0.6 is 0 Å². The number of aryl methyl sites for hydroxylation is 1. The number of nitrogens with one attached hydrogen (secondary N) is 1. The maximum Gasteiger partial charge on any atom is 0.220 e. The Balaban J connectivity index is 1.60. The summed E-state index contributed by atoms with van der Waals surface area (Å²) in [5, 5.41) is 2.95. The smallest absolute Gasteiger partial charge is 0.220 e. The van der Waals surface area contributed by atoms with E-state index in [1.54, 1.807) is 0 Å². The molecule has 0 bridgehead atoms. The predicted molar refractivity (Wildman–Crippen MR) is 95.4 cm³/mol. The quantitative estimate of drug-likeness (QED) is 0.714. The van der Waals surface area contributed by atoms with Gasteiger partial charge in [-0.2, -0.15) is 0 Å². The van der Waals surface area contributed by atoms with Gasteiger partial charge in [0, 0.05) is 6.42 Å². The molecule has 0 unspecified atom stereocenters. The van der Waals surface area contributed by atoms with E-state index in [9.17, 15) is 4.79 Å². The number of amides is 1. The summed E-state index contributed by atoms with van der Waals surface area (Å²) in [5.41, 5.74) is 1.09. The number of hydrogen-bond acceptors (Lipinski definition) is 3. The normalized spacial score (nSPS) is 11.6. The molecule has 0 fully saturated rings. The van der Waals surface area contributed by atoms with Crippen LogP contribution in [-0.2, 0) is 4.79 Å². The van der Waals surface area contributed by atoms with Gasteiger partial charge in [-0.05, 0) is 44.0 Å². The lowest BCUT2D eigenvalue weighted by molar-refractivity contribution is -0.122. The van der Waals surface area contributed by atoms with Gasteiger partial charge in [0.2, 0.25) is 5.91 Å². The SMILES string of the molecule is Cc1ccccc1OC[C@@H](C)NC(=O)CCCOc1ccccc1. The number of benzene rings is 2. The Morgan fingerprint density at radius 2 is 1.75 bits per heavy atom. The molecule has 0 spiro atoms.